The number of aromatic amines is 1. The Bertz CT molecular complexity index is 869. The molecule has 2 aromatic carbocycles. The molecule has 0 amide bonds. The number of hydrogen-bond donors (Lipinski definition) is 1. The van der Waals surface area contributed by atoms with Crippen molar-refractivity contribution in [3.05, 3.63) is 59.8 Å². The van der Waals surface area contributed by atoms with Gasteiger partial charge in [-0.15, -0.1) is 0 Å². The minimum absolute atomic E-state index is 0.160. The zero-order valence-corrected chi connectivity index (χ0v) is 14.4. The van der Waals surface area contributed by atoms with Gasteiger partial charge in [0, 0.05) is 29.1 Å². The van der Waals surface area contributed by atoms with Crippen molar-refractivity contribution in [2.24, 2.45) is 0 Å². The molecular formula is C20H21NO4. The lowest BCUT2D eigenvalue weighted by Crippen LogP contribution is -2.06. The number of para-hydroxylation sites is 1. The maximum atomic E-state index is 12.1. The Kier molecular flexibility index (Phi) is 5.23. The van der Waals surface area contributed by atoms with E-state index in [1.165, 1.54) is 0 Å². The van der Waals surface area contributed by atoms with E-state index in [2.05, 4.69) is 4.98 Å². The second-order valence-electron chi connectivity index (χ2n) is 5.70. The van der Waals surface area contributed by atoms with Crippen molar-refractivity contribution < 1.29 is 19.0 Å². The monoisotopic (exact) mass is 339 g/mol. The maximum absolute atomic E-state index is 12.1. The standard InChI is InChI=1S/C20H21NO4/c1-23-16-8-9-19(24-2)15(11-16)13-25-20(22)10-7-14-12-21-18-6-4-3-5-17(14)18/h3-6,8-9,11-12,21H,7,10,13H2,1-2H3. The normalized spacial score (nSPS) is 10.6. The number of H-pyrrole nitrogens is 1. The van der Waals surface area contributed by atoms with Gasteiger partial charge in [0.2, 0.25) is 0 Å². The molecule has 0 radical (unpaired) electrons. The predicted octanol–water partition coefficient (Wildman–Crippen LogP) is 3.86. The average molecular weight is 339 g/mol. The van der Waals surface area contributed by atoms with Crippen LogP contribution in [0.1, 0.15) is 17.5 Å². The summed E-state index contributed by atoms with van der Waals surface area (Å²) in [5.41, 5.74) is 2.97. The summed E-state index contributed by atoms with van der Waals surface area (Å²) in [4.78, 5) is 15.3. The van der Waals surface area contributed by atoms with E-state index in [9.17, 15) is 4.79 Å². The molecule has 1 N–H and O–H groups in total. The number of hydrogen-bond acceptors (Lipinski definition) is 4. The third-order valence-corrected chi connectivity index (χ3v) is 4.15. The van der Waals surface area contributed by atoms with Gasteiger partial charge in [0.15, 0.2) is 0 Å². The Morgan fingerprint density at radius 2 is 1.88 bits per heavy atom. The molecule has 3 aromatic rings. The number of ether oxygens (including phenoxy) is 3. The van der Waals surface area contributed by atoms with Crippen molar-refractivity contribution in [2.75, 3.05) is 14.2 Å². The van der Waals surface area contributed by atoms with Crippen molar-refractivity contribution in [3.63, 3.8) is 0 Å². The van der Waals surface area contributed by atoms with Gasteiger partial charge in [-0.1, -0.05) is 18.2 Å². The fraction of sp³-hybridized carbons (Fsp3) is 0.250. The summed E-state index contributed by atoms with van der Waals surface area (Å²) in [5.74, 6) is 1.13. The van der Waals surface area contributed by atoms with Crippen molar-refractivity contribution in [3.8, 4) is 11.5 Å². The quantitative estimate of drug-likeness (QED) is 0.664. The highest BCUT2D eigenvalue weighted by Gasteiger charge is 2.10. The number of rotatable bonds is 7. The Morgan fingerprint density at radius 3 is 2.68 bits per heavy atom. The minimum atomic E-state index is -0.241. The van der Waals surface area contributed by atoms with Crippen LogP contribution in [0.5, 0.6) is 11.5 Å². The Hall–Kier alpha value is -2.95. The fourth-order valence-corrected chi connectivity index (χ4v) is 2.80. The number of aromatic nitrogens is 1. The van der Waals surface area contributed by atoms with Crippen LogP contribution in [0.25, 0.3) is 10.9 Å². The van der Waals surface area contributed by atoms with Gasteiger partial charge in [-0.3, -0.25) is 4.79 Å². The smallest absolute Gasteiger partial charge is 0.306 e. The second kappa shape index (κ2) is 7.75. The molecule has 0 unspecified atom stereocenters. The summed E-state index contributed by atoms with van der Waals surface area (Å²) in [6.45, 7) is 0.160. The van der Waals surface area contributed by atoms with Crippen LogP contribution < -0.4 is 9.47 Å². The molecule has 0 aliphatic carbocycles. The summed E-state index contributed by atoms with van der Waals surface area (Å²) in [6.07, 6.45) is 2.91. The highest BCUT2D eigenvalue weighted by atomic mass is 16.5. The van der Waals surface area contributed by atoms with Crippen LogP contribution in [-0.4, -0.2) is 25.2 Å². The number of aryl methyl sites for hydroxylation is 1. The maximum Gasteiger partial charge on any atom is 0.306 e. The van der Waals surface area contributed by atoms with E-state index in [-0.39, 0.29) is 12.6 Å². The molecule has 130 valence electrons. The number of methoxy groups -OCH3 is 2. The number of carbonyl (C=O) groups is 1. The van der Waals surface area contributed by atoms with Crippen LogP contribution in [0, 0.1) is 0 Å². The van der Waals surface area contributed by atoms with Gasteiger partial charge in [0.05, 0.1) is 14.2 Å². The largest absolute Gasteiger partial charge is 0.497 e. The van der Waals surface area contributed by atoms with Crippen LogP contribution in [0.3, 0.4) is 0 Å². The third-order valence-electron chi connectivity index (χ3n) is 4.15. The summed E-state index contributed by atoms with van der Waals surface area (Å²) in [5, 5.41) is 1.14. The fourth-order valence-electron chi connectivity index (χ4n) is 2.80. The zero-order valence-electron chi connectivity index (χ0n) is 14.4. The van der Waals surface area contributed by atoms with Gasteiger partial charge in [-0.05, 0) is 36.2 Å². The number of nitrogens with one attached hydrogen (secondary N) is 1. The van der Waals surface area contributed by atoms with E-state index in [0.717, 1.165) is 22.0 Å². The number of carbonyl (C=O) groups excluding carboxylic acids is 1. The van der Waals surface area contributed by atoms with Gasteiger partial charge in [0.1, 0.15) is 18.1 Å². The van der Waals surface area contributed by atoms with E-state index >= 15 is 0 Å². The topological polar surface area (TPSA) is 60.6 Å². The van der Waals surface area contributed by atoms with E-state index in [1.807, 2.05) is 36.5 Å². The first-order chi connectivity index (χ1) is 12.2. The first-order valence-electron chi connectivity index (χ1n) is 8.13. The van der Waals surface area contributed by atoms with Gasteiger partial charge in [-0.25, -0.2) is 0 Å². The van der Waals surface area contributed by atoms with E-state index in [1.54, 1.807) is 26.4 Å². The first kappa shape index (κ1) is 16.9. The van der Waals surface area contributed by atoms with Crippen LogP contribution in [0.4, 0.5) is 0 Å². The SMILES string of the molecule is COc1ccc(OC)c(COC(=O)CCc2c[nH]c3ccccc23)c1. The summed E-state index contributed by atoms with van der Waals surface area (Å²) >= 11 is 0. The molecular weight excluding hydrogens is 318 g/mol. The van der Waals surface area contributed by atoms with E-state index in [0.29, 0.717) is 24.3 Å². The molecule has 0 atom stereocenters. The third kappa shape index (κ3) is 3.94. The molecule has 0 saturated heterocycles. The molecule has 5 nitrogen and oxygen atoms in total. The molecule has 0 aliphatic heterocycles. The van der Waals surface area contributed by atoms with Gasteiger partial charge < -0.3 is 19.2 Å². The molecule has 25 heavy (non-hydrogen) atoms. The lowest BCUT2D eigenvalue weighted by atomic mass is 10.1. The number of fused-ring (bicyclic) bond motifs is 1. The lowest BCUT2D eigenvalue weighted by molar-refractivity contribution is -0.144. The summed E-state index contributed by atoms with van der Waals surface area (Å²) in [7, 11) is 3.18. The van der Waals surface area contributed by atoms with Crippen molar-refractivity contribution in [1.29, 1.82) is 0 Å². The van der Waals surface area contributed by atoms with Crippen molar-refractivity contribution in [2.45, 2.75) is 19.4 Å². The first-order valence-corrected chi connectivity index (χ1v) is 8.13. The Morgan fingerprint density at radius 1 is 1.04 bits per heavy atom. The molecule has 5 heteroatoms. The Balaban J connectivity index is 1.58. The highest BCUT2D eigenvalue weighted by Crippen LogP contribution is 2.25. The van der Waals surface area contributed by atoms with Crippen molar-refractivity contribution >= 4 is 16.9 Å². The van der Waals surface area contributed by atoms with Gasteiger partial charge in [0.25, 0.3) is 0 Å². The summed E-state index contributed by atoms with van der Waals surface area (Å²) in [6, 6.07) is 13.5. The molecule has 1 heterocycles. The molecule has 0 saturated carbocycles. The lowest BCUT2D eigenvalue weighted by Gasteiger charge is -2.11. The van der Waals surface area contributed by atoms with Crippen LogP contribution in [0.2, 0.25) is 0 Å². The van der Waals surface area contributed by atoms with Crippen LogP contribution in [-0.2, 0) is 22.6 Å². The Labute approximate surface area is 146 Å². The number of esters is 1. The average Bonchev–Trinajstić information content (AvgIpc) is 3.07. The molecule has 0 fully saturated rings. The molecule has 0 spiro atoms. The van der Waals surface area contributed by atoms with E-state index in [4.69, 9.17) is 14.2 Å². The van der Waals surface area contributed by atoms with Gasteiger partial charge in [-0.2, -0.15) is 0 Å². The predicted molar refractivity (Wildman–Crippen MR) is 96.0 cm³/mol. The van der Waals surface area contributed by atoms with Crippen LogP contribution in [0.15, 0.2) is 48.7 Å². The van der Waals surface area contributed by atoms with Gasteiger partial charge >= 0.3 is 5.97 Å². The highest BCUT2D eigenvalue weighted by molar-refractivity contribution is 5.83. The molecule has 0 aliphatic rings. The van der Waals surface area contributed by atoms with Crippen LogP contribution >= 0.6 is 0 Å². The summed E-state index contributed by atoms with van der Waals surface area (Å²) < 4.78 is 15.9. The number of benzene rings is 2. The minimum Gasteiger partial charge on any atom is -0.497 e. The zero-order chi connectivity index (χ0) is 17.6. The molecule has 3 rings (SSSR count). The second-order valence-corrected chi connectivity index (χ2v) is 5.70. The van der Waals surface area contributed by atoms with Crippen molar-refractivity contribution in [1.82, 2.24) is 4.98 Å². The van der Waals surface area contributed by atoms with E-state index < -0.39 is 0 Å². The molecule has 1 aromatic heterocycles. The molecule has 0 bridgehead atoms.